The smallest absolute Gasteiger partial charge is 0.0541 e. The Hall–Kier alpha value is -5.64. The van der Waals surface area contributed by atoms with Gasteiger partial charge in [-0.05, 0) is 66.2 Å². The van der Waals surface area contributed by atoms with Crippen LogP contribution in [0.15, 0.2) is 170 Å². The maximum absolute atomic E-state index is 2.40. The fraction of sp³-hybridized carbons (Fsp3) is 0. The molecule has 0 unspecified atom stereocenters. The zero-order valence-electron chi connectivity index (χ0n) is 24.5. The molecule has 0 fully saturated rings. The van der Waals surface area contributed by atoms with Gasteiger partial charge in [-0.25, -0.2) is 0 Å². The van der Waals surface area contributed by atoms with Crippen molar-refractivity contribution in [2.75, 3.05) is 4.90 Å². The van der Waals surface area contributed by atoms with E-state index < -0.39 is 0 Å². The third-order valence-electron chi connectivity index (χ3n) is 8.80. The number of aromatic nitrogens is 1. The van der Waals surface area contributed by atoms with Gasteiger partial charge >= 0.3 is 0 Å². The van der Waals surface area contributed by atoms with Crippen molar-refractivity contribution in [2.45, 2.75) is 0 Å². The first-order valence-corrected chi connectivity index (χ1v) is 16.1. The zero-order valence-corrected chi connectivity index (χ0v) is 25.3. The molecule has 0 spiro atoms. The van der Waals surface area contributed by atoms with E-state index >= 15 is 0 Å². The molecule has 212 valence electrons. The molecule has 9 rings (SSSR count). The Balaban J connectivity index is 1.24. The molecule has 2 aromatic heterocycles. The Morgan fingerprint density at radius 1 is 0.422 bits per heavy atom. The summed E-state index contributed by atoms with van der Waals surface area (Å²) in [5.41, 5.74) is 9.37. The highest BCUT2D eigenvalue weighted by Crippen LogP contribution is 2.44. The van der Waals surface area contributed by atoms with Crippen LogP contribution in [0, 0.1) is 0 Å². The topological polar surface area (TPSA) is 8.17 Å². The number of nitrogens with zero attached hydrogens (tertiary/aromatic N) is 2. The highest BCUT2D eigenvalue weighted by Gasteiger charge is 2.19. The lowest BCUT2D eigenvalue weighted by atomic mass is 10.0. The third kappa shape index (κ3) is 4.24. The van der Waals surface area contributed by atoms with E-state index in [1.807, 2.05) is 11.3 Å². The summed E-state index contributed by atoms with van der Waals surface area (Å²) in [4.78, 5) is 2.40. The fourth-order valence-corrected chi connectivity index (χ4v) is 7.90. The molecule has 0 saturated heterocycles. The SMILES string of the molecule is c1ccc(-c2ccccc2N(c2ccc(-n3c4ccccc4c4ccccc43)cc2)c2ccc3c(c2)sc2ccccc23)cc1. The molecule has 9 aromatic rings. The lowest BCUT2D eigenvalue weighted by molar-refractivity contribution is 1.17. The monoisotopic (exact) mass is 592 g/mol. The molecule has 45 heavy (non-hydrogen) atoms. The zero-order chi connectivity index (χ0) is 29.7. The average Bonchev–Trinajstić information content (AvgIpc) is 3.65. The molecule has 3 heteroatoms. The summed E-state index contributed by atoms with van der Waals surface area (Å²) in [7, 11) is 0. The first-order chi connectivity index (χ1) is 22.3. The van der Waals surface area contributed by atoms with Crippen LogP contribution in [-0.4, -0.2) is 4.57 Å². The van der Waals surface area contributed by atoms with Gasteiger partial charge in [0, 0.05) is 53.6 Å². The molecule has 0 saturated carbocycles. The maximum atomic E-state index is 2.40. The predicted molar refractivity (Wildman–Crippen MR) is 194 cm³/mol. The molecule has 0 N–H and O–H groups in total. The van der Waals surface area contributed by atoms with E-state index in [2.05, 4.69) is 179 Å². The molecule has 0 atom stereocenters. The summed E-state index contributed by atoms with van der Waals surface area (Å²) in [6, 6.07) is 61.4. The van der Waals surface area contributed by atoms with Crippen LogP contribution in [0.3, 0.4) is 0 Å². The van der Waals surface area contributed by atoms with E-state index in [9.17, 15) is 0 Å². The van der Waals surface area contributed by atoms with Gasteiger partial charge in [0.15, 0.2) is 0 Å². The third-order valence-corrected chi connectivity index (χ3v) is 9.93. The van der Waals surface area contributed by atoms with E-state index in [0.29, 0.717) is 0 Å². The molecule has 7 aromatic carbocycles. The van der Waals surface area contributed by atoms with Gasteiger partial charge < -0.3 is 9.47 Å². The number of hydrogen-bond acceptors (Lipinski definition) is 2. The standard InChI is InChI=1S/C42H28N2S/c1-2-12-29(13-3-1)33-14-4-8-18-38(33)43(32-26-27-37-36-17-7-11-21-41(36)45-42(37)28-32)30-22-24-31(25-23-30)44-39-19-9-5-15-34(39)35-16-6-10-20-40(35)44/h1-28H. The lowest BCUT2D eigenvalue weighted by Gasteiger charge is -2.28. The summed E-state index contributed by atoms with van der Waals surface area (Å²) in [6.45, 7) is 0. The normalized spacial score (nSPS) is 11.6. The molecular formula is C42H28N2S. The van der Waals surface area contributed by atoms with Crippen molar-refractivity contribution >= 4 is 70.4 Å². The van der Waals surface area contributed by atoms with Crippen LogP contribution in [0.1, 0.15) is 0 Å². The first kappa shape index (κ1) is 25.8. The summed E-state index contributed by atoms with van der Waals surface area (Å²) >= 11 is 1.86. The predicted octanol–water partition coefficient (Wildman–Crippen LogP) is 12.3. The summed E-state index contributed by atoms with van der Waals surface area (Å²) in [5, 5.41) is 5.16. The lowest BCUT2D eigenvalue weighted by Crippen LogP contribution is -2.11. The molecule has 0 aliphatic carbocycles. The van der Waals surface area contributed by atoms with Gasteiger partial charge in [0.1, 0.15) is 0 Å². The van der Waals surface area contributed by atoms with Crippen LogP contribution in [0.5, 0.6) is 0 Å². The van der Waals surface area contributed by atoms with Crippen molar-refractivity contribution in [3.05, 3.63) is 170 Å². The van der Waals surface area contributed by atoms with Crippen LogP contribution in [0.2, 0.25) is 0 Å². The first-order valence-electron chi connectivity index (χ1n) is 15.3. The van der Waals surface area contributed by atoms with Gasteiger partial charge in [-0.2, -0.15) is 0 Å². The Morgan fingerprint density at radius 2 is 1.00 bits per heavy atom. The minimum absolute atomic E-state index is 1.11. The van der Waals surface area contributed by atoms with Gasteiger partial charge in [0.25, 0.3) is 0 Å². The molecule has 0 radical (unpaired) electrons. The van der Waals surface area contributed by atoms with Gasteiger partial charge in [-0.15, -0.1) is 11.3 Å². The van der Waals surface area contributed by atoms with Crippen LogP contribution >= 0.6 is 11.3 Å². The fourth-order valence-electron chi connectivity index (χ4n) is 6.76. The van der Waals surface area contributed by atoms with Crippen molar-refractivity contribution in [3.8, 4) is 16.8 Å². The second kappa shape index (κ2) is 10.5. The highest BCUT2D eigenvalue weighted by atomic mass is 32.1. The van der Waals surface area contributed by atoms with Gasteiger partial charge in [0.05, 0.1) is 16.7 Å². The number of thiophene rings is 1. The quantitative estimate of drug-likeness (QED) is 0.193. The number of anilines is 3. The van der Waals surface area contributed by atoms with Gasteiger partial charge in [-0.3, -0.25) is 0 Å². The summed E-state index contributed by atoms with van der Waals surface area (Å²) in [5.74, 6) is 0. The average molecular weight is 593 g/mol. The number of para-hydroxylation sites is 3. The largest absolute Gasteiger partial charge is 0.310 e. The number of hydrogen-bond donors (Lipinski definition) is 0. The van der Waals surface area contributed by atoms with E-state index in [1.165, 1.54) is 53.1 Å². The van der Waals surface area contributed by atoms with Crippen molar-refractivity contribution in [1.29, 1.82) is 0 Å². The molecular weight excluding hydrogens is 565 g/mol. The van der Waals surface area contributed by atoms with Gasteiger partial charge in [0.2, 0.25) is 0 Å². The van der Waals surface area contributed by atoms with Crippen molar-refractivity contribution in [3.63, 3.8) is 0 Å². The van der Waals surface area contributed by atoms with E-state index in [-0.39, 0.29) is 0 Å². The molecule has 2 nitrogen and oxygen atoms in total. The molecule has 2 heterocycles. The second-order valence-electron chi connectivity index (χ2n) is 11.4. The maximum Gasteiger partial charge on any atom is 0.0541 e. The number of fused-ring (bicyclic) bond motifs is 6. The van der Waals surface area contributed by atoms with E-state index in [4.69, 9.17) is 0 Å². The summed E-state index contributed by atoms with van der Waals surface area (Å²) < 4.78 is 4.98. The molecule has 0 aliphatic heterocycles. The van der Waals surface area contributed by atoms with Gasteiger partial charge in [-0.1, -0.05) is 109 Å². The Bertz CT molecular complexity index is 2430. The molecule has 0 bridgehead atoms. The second-order valence-corrected chi connectivity index (χ2v) is 12.5. The Labute approximate surface area is 265 Å². The molecule has 0 amide bonds. The Kier molecular flexibility index (Phi) is 6.03. The van der Waals surface area contributed by atoms with E-state index in [1.54, 1.807) is 0 Å². The van der Waals surface area contributed by atoms with Crippen LogP contribution in [0.4, 0.5) is 17.1 Å². The van der Waals surface area contributed by atoms with E-state index in [0.717, 1.165) is 22.7 Å². The van der Waals surface area contributed by atoms with Crippen molar-refractivity contribution in [1.82, 2.24) is 4.57 Å². The van der Waals surface area contributed by atoms with Crippen LogP contribution < -0.4 is 4.90 Å². The Morgan fingerprint density at radius 3 is 1.76 bits per heavy atom. The number of benzene rings is 7. The highest BCUT2D eigenvalue weighted by molar-refractivity contribution is 7.25. The molecule has 0 aliphatic rings. The van der Waals surface area contributed by atoms with Crippen LogP contribution in [0.25, 0.3) is 58.8 Å². The summed E-state index contributed by atoms with van der Waals surface area (Å²) in [6.07, 6.45) is 0. The minimum Gasteiger partial charge on any atom is -0.310 e. The van der Waals surface area contributed by atoms with Crippen LogP contribution in [-0.2, 0) is 0 Å². The minimum atomic E-state index is 1.11. The van der Waals surface area contributed by atoms with Crippen molar-refractivity contribution < 1.29 is 0 Å². The number of rotatable bonds is 5. The van der Waals surface area contributed by atoms with Crippen molar-refractivity contribution in [2.24, 2.45) is 0 Å².